The monoisotopic (exact) mass is 449 g/mol. The fourth-order valence-electron chi connectivity index (χ4n) is 4.85. The van der Waals surface area contributed by atoms with E-state index in [4.69, 9.17) is 14.2 Å². The molecule has 4 rings (SSSR count). The average molecular weight is 450 g/mol. The van der Waals surface area contributed by atoms with Crippen molar-refractivity contribution in [1.29, 1.82) is 0 Å². The number of hydrogen-bond donors (Lipinski definition) is 1. The van der Waals surface area contributed by atoms with Crippen molar-refractivity contribution in [2.75, 3.05) is 14.2 Å². The third-order valence-corrected chi connectivity index (χ3v) is 6.36. The number of methoxy groups -OCH3 is 2. The highest BCUT2D eigenvalue weighted by Gasteiger charge is 2.29. The summed E-state index contributed by atoms with van der Waals surface area (Å²) in [5.41, 5.74) is 3.56. The van der Waals surface area contributed by atoms with Crippen molar-refractivity contribution < 1.29 is 24.1 Å². The molecule has 2 aromatic carbocycles. The quantitative estimate of drug-likeness (QED) is 0.484. The number of rotatable bonds is 9. The molecule has 0 spiro atoms. The molecule has 0 radical (unpaired) electrons. The van der Waals surface area contributed by atoms with Gasteiger partial charge in [0.2, 0.25) is 0 Å². The first kappa shape index (κ1) is 22.9. The Hall–Kier alpha value is -3.25. The SMILES string of the molecule is COc1cc(OC)cc([C@@H](O)[C@H](CC2Cc3ccccc3C2)Cn2ccc(OC(C)=O)c2)c1. The van der Waals surface area contributed by atoms with Gasteiger partial charge in [0, 0.05) is 37.8 Å². The molecule has 0 amide bonds. The molecule has 174 valence electrons. The minimum atomic E-state index is -0.711. The van der Waals surface area contributed by atoms with E-state index >= 15 is 0 Å². The Morgan fingerprint density at radius 1 is 1.03 bits per heavy atom. The van der Waals surface area contributed by atoms with Gasteiger partial charge in [-0.2, -0.15) is 0 Å². The average Bonchev–Trinajstić information content (AvgIpc) is 3.43. The molecule has 0 saturated heterocycles. The van der Waals surface area contributed by atoms with E-state index in [-0.39, 0.29) is 11.9 Å². The van der Waals surface area contributed by atoms with E-state index < -0.39 is 6.10 Å². The number of aliphatic hydroxyl groups is 1. The summed E-state index contributed by atoms with van der Waals surface area (Å²) in [6.07, 6.45) is 5.87. The maximum atomic E-state index is 11.5. The van der Waals surface area contributed by atoms with Gasteiger partial charge in [0.15, 0.2) is 0 Å². The van der Waals surface area contributed by atoms with Crippen molar-refractivity contribution in [1.82, 2.24) is 4.57 Å². The highest BCUT2D eigenvalue weighted by atomic mass is 16.5. The predicted octanol–water partition coefficient (Wildman–Crippen LogP) is 4.59. The van der Waals surface area contributed by atoms with E-state index in [0.29, 0.717) is 29.7 Å². The summed E-state index contributed by atoms with van der Waals surface area (Å²) >= 11 is 0. The lowest BCUT2D eigenvalue weighted by molar-refractivity contribution is -0.131. The molecule has 1 heterocycles. The highest BCUT2D eigenvalue weighted by molar-refractivity contribution is 5.69. The second kappa shape index (κ2) is 10.1. The van der Waals surface area contributed by atoms with Crippen LogP contribution in [0.3, 0.4) is 0 Å². The van der Waals surface area contributed by atoms with Crippen LogP contribution in [0, 0.1) is 11.8 Å². The Morgan fingerprint density at radius 2 is 1.67 bits per heavy atom. The summed E-state index contributed by atoms with van der Waals surface area (Å²) in [4.78, 5) is 11.3. The van der Waals surface area contributed by atoms with Gasteiger partial charge in [-0.1, -0.05) is 24.3 Å². The third-order valence-electron chi connectivity index (χ3n) is 6.36. The summed E-state index contributed by atoms with van der Waals surface area (Å²) in [6.45, 7) is 1.98. The van der Waals surface area contributed by atoms with Gasteiger partial charge in [-0.05, 0) is 60.1 Å². The van der Waals surface area contributed by atoms with Crippen molar-refractivity contribution in [3.63, 3.8) is 0 Å². The van der Waals surface area contributed by atoms with Crippen LogP contribution >= 0.6 is 0 Å². The Balaban J connectivity index is 1.58. The number of aromatic nitrogens is 1. The summed E-state index contributed by atoms with van der Waals surface area (Å²) in [5.74, 6) is 1.85. The van der Waals surface area contributed by atoms with Gasteiger partial charge < -0.3 is 23.9 Å². The van der Waals surface area contributed by atoms with Crippen molar-refractivity contribution in [2.45, 2.75) is 38.8 Å². The van der Waals surface area contributed by atoms with Gasteiger partial charge >= 0.3 is 5.97 Å². The second-order valence-corrected chi connectivity index (χ2v) is 8.77. The molecule has 0 aliphatic heterocycles. The number of ether oxygens (including phenoxy) is 3. The summed E-state index contributed by atoms with van der Waals surface area (Å²) in [5, 5.41) is 11.5. The molecule has 0 unspecified atom stereocenters. The first-order valence-electron chi connectivity index (χ1n) is 11.3. The number of carbonyl (C=O) groups excluding carboxylic acids is 1. The molecule has 0 saturated carbocycles. The van der Waals surface area contributed by atoms with E-state index in [1.54, 1.807) is 32.5 Å². The standard InChI is InChI=1S/C27H31NO5/c1-18(29)33-24-8-9-28(17-24)16-23(12-19-10-20-6-4-5-7-21(20)11-19)27(30)22-13-25(31-2)15-26(14-22)32-3/h4-9,13-15,17,19,23,27,30H,10-12,16H2,1-3H3/t23-,27-/m1/s1. The molecule has 1 N–H and O–H groups in total. The van der Waals surface area contributed by atoms with Gasteiger partial charge in [-0.3, -0.25) is 4.79 Å². The van der Waals surface area contributed by atoms with E-state index in [9.17, 15) is 9.90 Å². The largest absolute Gasteiger partial charge is 0.497 e. The predicted molar refractivity (Wildman–Crippen MR) is 126 cm³/mol. The number of benzene rings is 2. The normalized spacial score (nSPS) is 15.0. The van der Waals surface area contributed by atoms with E-state index in [2.05, 4.69) is 24.3 Å². The number of aliphatic hydroxyl groups excluding tert-OH is 1. The zero-order valence-corrected chi connectivity index (χ0v) is 19.4. The maximum absolute atomic E-state index is 11.5. The minimum Gasteiger partial charge on any atom is -0.497 e. The fraction of sp³-hybridized carbons (Fsp3) is 0.370. The Kier molecular flexibility index (Phi) is 7.04. The minimum absolute atomic E-state index is 0.0568. The molecule has 1 aliphatic rings. The lowest BCUT2D eigenvalue weighted by atomic mass is 9.85. The van der Waals surface area contributed by atoms with Gasteiger partial charge in [0.05, 0.1) is 20.3 Å². The third kappa shape index (κ3) is 5.57. The molecule has 6 heteroatoms. The first-order chi connectivity index (χ1) is 15.9. The van der Waals surface area contributed by atoms with Crippen LogP contribution in [0.5, 0.6) is 17.2 Å². The van der Waals surface area contributed by atoms with Crippen LogP contribution in [0.2, 0.25) is 0 Å². The number of nitrogens with zero attached hydrogens (tertiary/aromatic N) is 1. The maximum Gasteiger partial charge on any atom is 0.308 e. The van der Waals surface area contributed by atoms with Gasteiger partial charge in [0.1, 0.15) is 17.2 Å². The number of carbonyl (C=O) groups is 1. The van der Waals surface area contributed by atoms with Crippen molar-refractivity contribution in [3.8, 4) is 17.2 Å². The van der Waals surface area contributed by atoms with Crippen LogP contribution in [-0.2, 0) is 24.2 Å². The van der Waals surface area contributed by atoms with Crippen molar-refractivity contribution in [3.05, 3.63) is 77.6 Å². The van der Waals surface area contributed by atoms with E-state index in [1.807, 2.05) is 22.9 Å². The zero-order valence-electron chi connectivity index (χ0n) is 19.4. The lowest BCUT2D eigenvalue weighted by Crippen LogP contribution is -2.22. The summed E-state index contributed by atoms with van der Waals surface area (Å²) < 4.78 is 18.0. The molecule has 1 aliphatic carbocycles. The van der Waals surface area contributed by atoms with Gasteiger partial charge in [-0.25, -0.2) is 0 Å². The van der Waals surface area contributed by atoms with Gasteiger partial charge in [-0.15, -0.1) is 0 Å². The topological polar surface area (TPSA) is 69.9 Å². The summed E-state index contributed by atoms with van der Waals surface area (Å²) in [7, 11) is 3.21. The van der Waals surface area contributed by atoms with Crippen molar-refractivity contribution >= 4 is 5.97 Å². The number of hydrogen-bond acceptors (Lipinski definition) is 5. The smallest absolute Gasteiger partial charge is 0.308 e. The van der Waals surface area contributed by atoms with Crippen LogP contribution in [0.4, 0.5) is 0 Å². The highest BCUT2D eigenvalue weighted by Crippen LogP contribution is 2.38. The van der Waals surface area contributed by atoms with Crippen LogP contribution in [0.25, 0.3) is 0 Å². The Bertz CT molecular complexity index is 1060. The molecule has 1 aromatic heterocycles. The second-order valence-electron chi connectivity index (χ2n) is 8.77. The molecule has 0 bridgehead atoms. The Labute approximate surface area is 194 Å². The molecular formula is C27H31NO5. The number of fused-ring (bicyclic) bond motifs is 1. The van der Waals surface area contributed by atoms with Crippen molar-refractivity contribution in [2.24, 2.45) is 11.8 Å². The lowest BCUT2D eigenvalue weighted by Gasteiger charge is -2.27. The molecule has 6 nitrogen and oxygen atoms in total. The van der Waals surface area contributed by atoms with Crippen LogP contribution in [0.15, 0.2) is 60.9 Å². The molecular weight excluding hydrogens is 418 g/mol. The number of esters is 1. The molecule has 0 fully saturated rings. The molecule has 2 atom stereocenters. The van der Waals surface area contributed by atoms with E-state index in [1.165, 1.54) is 18.1 Å². The van der Waals surface area contributed by atoms with Crippen LogP contribution in [-0.4, -0.2) is 29.9 Å². The first-order valence-corrected chi connectivity index (χ1v) is 11.3. The fourth-order valence-corrected chi connectivity index (χ4v) is 4.85. The Morgan fingerprint density at radius 3 is 2.24 bits per heavy atom. The summed E-state index contributed by atoms with van der Waals surface area (Å²) in [6, 6.07) is 15.9. The van der Waals surface area contributed by atoms with Crippen LogP contribution in [0.1, 0.15) is 36.1 Å². The van der Waals surface area contributed by atoms with Crippen LogP contribution < -0.4 is 14.2 Å². The van der Waals surface area contributed by atoms with E-state index in [0.717, 1.165) is 24.8 Å². The molecule has 3 aromatic rings. The zero-order chi connectivity index (χ0) is 23.4. The molecule has 33 heavy (non-hydrogen) atoms. The van der Waals surface area contributed by atoms with Gasteiger partial charge in [0.25, 0.3) is 0 Å².